The van der Waals surface area contributed by atoms with Gasteiger partial charge in [0.05, 0.1) is 5.69 Å². The van der Waals surface area contributed by atoms with Crippen LogP contribution in [-0.4, -0.2) is 4.57 Å². The Morgan fingerprint density at radius 1 is 0.950 bits per heavy atom. The van der Waals surface area contributed by atoms with E-state index in [-0.39, 0.29) is 0 Å². The second-order valence-corrected chi connectivity index (χ2v) is 6.56. The van der Waals surface area contributed by atoms with E-state index in [4.69, 9.17) is 12.2 Å². The number of hydrogen-bond donors (Lipinski definition) is 0. The third-order valence-electron chi connectivity index (χ3n) is 3.29. The number of aryl methyl sites for hydroxylation is 1. The van der Waals surface area contributed by atoms with Crippen molar-refractivity contribution in [1.82, 2.24) is 4.57 Å². The Balaban J connectivity index is 2.10. The van der Waals surface area contributed by atoms with Crippen LogP contribution in [-0.2, 0) is 6.54 Å². The Hall–Kier alpha value is -1.71. The maximum absolute atomic E-state index is 5.54. The summed E-state index contributed by atoms with van der Waals surface area (Å²) < 4.78 is 3.17. The molecule has 0 aliphatic rings. The maximum Gasteiger partial charge on any atom is 0.162 e. The quantitative estimate of drug-likeness (QED) is 0.594. The molecule has 3 heteroatoms. The first-order valence-corrected chi connectivity index (χ1v) is 7.78. The molecule has 20 heavy (non-hydrogen) atoms. The van der Waals surface area contributed by atoms with E-state index in [1.807, 2.05) is 12.1 Å². The fourth-order valence-electron chi connectivity index (χ4n) is 2.38. The molecule has 0 saturated heterocycles. The number of thiazole rings is 1. The molecular formula is C17H15NS2. The lowest BCUT2D eigenvalue weighted by Crippen LogP contribution is -2.02. The van der Waals surface area contributed by atoms with Gasteiger partial charge in [0, 0.05) is 11.4 Å². The number of aromatic nitrogens is 1. The van der Waals surface area contributed by atoms with E-state index in [1.54, 1.807) is 11.3 Å². The molecule has 0 radical (unpaired) electrons. The molecule has 0 aliphatic heterocycles. The smallest absolute Gasteiger partial charge is 0.162 e. The predicted octanol–water partition coefficient (Wildman–Crippen LogP) is 5.30. The Morgan fingerprint density at radius 3 is 2.20 bits per heavy atom. The van der Waals surface area contributed by atoms with E-state index < -0.39 is 0 Å². The number of hydrogen-bond acceptors (Lipinski definition) is 2. The highest BCUT2D eigenvalue weighted by Crippen LogP contribution is 2.29. The van der Waals surface area contributed by atoms with E-state index >= 15 is 0 Å². The molecule has 1 aromatic heterocycles. The molecule has 0 unspecified atom stereocenters. The lowest BCUT2D eigenvalue weighted by atomic mass is 10.1. The van der Waals surface area contributed by atoms with Gasteiger partial charge in [-0.3, -0.25) is 0 Å². The van der Waals surface area contributed by atoms with Gasteiger partial charge < -0.3 is 4.57 Å². The summed E-state index contributed by atoms with van der Waals surface area (Å²) in [6.07, 6.45) is 0. The standard InChI is InChI=1S/C17H15NS2/c1-13-16(15-10-6-3-7-11-15)18(17(19)20-13)12-14-8-4-2-5-9-14/h2-11H,12H2,1H3. The summed E-state index contributed by atoms with van der Waals surface area (Å²) >= 11 is 7.23. The highest BCUT2D eigenvalue weighted by atomic mass is 32.1. The minimum absolute atomic E-state index is 0.828. The van der Waals surface area contributed by atoms with Crippen molar-refractivity contribution in [2.75, 3.05) is 0 Å². The molecule has 3 rings (SSSR count). The van der Waals surface area contributed by atoms with Crippen LogP contribution in [0.5, 0.6) is 0 Å². The van der Waals surface area contributed by atoms with Crippen molar-refractivity contribution < 1.29 is 0 Å². The van der Waals surface area contributed by atoms with E-state index in [0.717, 1.165) is 10.5 Å². The van der Waals surface area contributed by atoms with Gasteiger partial charge in [-0.05, 0) is 30.3 Å². The first-order chi connectivity index (χ1) is 9.75. The van der Waals surface area contributed by atoms with Crippen LogP contribution in [0.4, 0.5) is 0 Å². The van der Waals surface area contributed by atoms with Crippen LogP contribution in [0, 0.1) is 10.9 Å². The minimum Gasteiger partial charge on any atom is -0.318 e. The van der Waals surface area contributed by atoms with Gasteiger partial charge in [-0.1, -0.05) is 60.7 Å². The molecule has 0 bridgehead atoms. The fraction of sp³-hybridized carbons (Fsp3) is 0.118. The van der Waals surface area contributed by atoms with Crippen LogP contribution in [0.3, 0.4) is 0 Å². The van der Waals surface area contributed by atoms with Crippen molar-refractivity contribution in [2.45, 2.75) is 13.5 Å². The zero-order valence-electron chi connectivity index (χ0n) is 11.2. The van der Waals surface area contributed by atoms with Crippen molar-refractivity contribution in [3.05, 3.63) is 75.1 Å². The number of benzene rings is 2. The number of rotatable bonds is 3. The third-order valence-corrected chi connectivity index (χ3v) is 4.66. The third kappa shape index (κ3) is 2.60. The monoisotopic (exact) mass is 297 g/mol. The summed E-state index contributed by atoms with van der Waals surface area (Å²) in [7, 11) is 0. The SMILES string of the molecule is Cc1sc(=S)n(Cc2ccccc2)c1-c1ccccc1. The first-order valence-electron chi connectivity index (χ1n) is 6.55. The molecule has 0 fully saturated rings. The largest absolute Gasteiger partial charge is 0.318 e. The molecule has 2 aromatic carbocycles. The van der Waals surface area contributed by atoms with Crippen molar-refractivity contribution in [1.29, 1.82) is 0 Å². The Bertz CT molecular complexity index is 755. The summed E-state index contributed by atoms with van der Waals surface area (Å²) in [6.45, 7) is 2.97. The minimum atomic E-state index is 0.828. The maximum atomic E-state index is 5.54. The predicted molar refractivity (Wildman–Crippen MR) is 88.9 cm³/mol. The molecular weight excluding hydrogens is 282 g/mol. The van der Waals surface area contributed by atoms with Gasteiger partial charge in [-0.15, -0.1) is 11.3 Å². The molecule has 0 spiro atoms. The topological polar surface area (TPSA) is 4.93 Å². The van der Waals surface area contributed by atoms with Crippen LogP contribution >= 0.6 is 23.6 Å². The van der Waals surface area contributed by atoms with E-state index in [0.29, 0.717) is 0 Å². The van der Waals surface area contributed by atoms with Gasteiger partial charge in [0.25, 0.3) is 0 Å². The van der Waals surface area contributed by atoms with Gasteiger partial charge in [0.15, 0.2) is 3.95 Å². The van der Waals surface area contributed by atoms with Crippen LogP contribution in [0.2, 0.25) is 0 Å². The van der Waals surface area contributed by atoms with Crippen molar-refractivity contribution in [3.8, 4) is 11.3 Å². The van der Waals surface area contributed by atoms with Crippen molar-refractivity contribution in [2.24, 2.45) is 0 Å². The van der Waals surface area contributed by atoms with Crippen LogP contribution in [0.1, 0.15) is 10.4 Å². The second kappa shape index (κ2) is 5.73. The molecule has 1 heterocycles. The normalized spacial score (nSPS) is 10.7. The summed E-state index contributed by atoms with van der Waals surface area (Å²) in [4.78, 5) is 1.28. The molecule has 100 valence electrons. The first kappa shape index (κ1) is 13.3. The average Bonchev–Trinajstić information content (AvgIpc) is 2.75. The summed E-state index contributed by atoms with van der Waals surface area (Å²) in [5, 5.41) is 0. The van der Waals surface area contributed by atoms with E-state index in [2.05, 4.69) is 60.0 Å². The van der Waals surface area contributed by atoms with E-state index in [9.17, 15) is 0 Å². The molecule has 0 saturated carbocycles. The fourth-order valence-corrected chi connectivity index (χ4v) is 3.76. The molecule has 1 nitrogen and oxygen atoms in total. The molecule has 0 N–H and O–H groups in total. The van der Waals surface area contributed by atoms with Gasteiger partial charge in [-0.25, -0.2) is 0 Å². The van der Waals surface area contributed by atoms with Crippen molar-refractivity contribution in [3.63, 3.8) is 0 Å². The van der Waals surface area contributed by atoms with Gasteiger partial charge in [-0.2, -0.15) is 0 Å². The van der Waals surface area contributed by atoms with Gasteiger partial charge >= 0.3 is 0 Å². The summed E-state index contributed by atoms with van der Waals surface area (Å²) in [5.41, 5.74) is 3.75. The second-order valence-electron chi connectivity index (χ2n) is 4.71. The lowest BCUT2D eigenvalue weighted by Gasteiger charge is -2.10. The van der Waals surface area contributed by atoms with Crippen LogP contribution in [0.25, 0.3) is 11.3 Å². The summed E-state index contributed by atoms with van der Waals surface area (Å²) in [6, 6.07) is 20.9. The zero-order chi connectivity index (χ0) is 13.9. The molecule has 0 aliphatic carbocycles. The van der Waals surface area contributed by atoms with Crippen molar-refractivity contribution >= 4 is 23.6 Å². The zero-order valence-corrected chi connectivity index (χ0v) is 12.9. The highest BCUT2D eigenvalue weighted by Gasteiger charge is 2.11. The van der Waals surface area contributed by atoms with E-state index in [1.165, 1.54) is 21.7 Å². The molecule has 0 atom stereocenters. The number of nitrogens with zero attached hydrogens (tertiary/aromatic N) is 1. The molecule has 0 amide bonds. The Morgan fingerprint density at radius 2 is 1.55 bits per heavy atom. The lowest BCUT2D eigenvalue weighted by molar-refractivity contribution is 0.806. The average molecular weight is 297 g/mol. The Kier molecular flexibility index (Phi) is 3.81. The van der Waals surface area contributed by atoms with Gasteiger partial charge in [0.2, 0.25) is 0 Å². The summed E-state index contributed by atoms with van der Waals surface area (Å²) in [5.74, 6) is 0. The highest BCUT2D eigenvalue weighted by molar-refractivity contribution is 7.73. The van der Waals surface area contributed by atoms with Gasteiger partial charge in [0.1, 0.15) is 0 Å². The van der Waals surface area contributed by atoms with Crippen LogP contribution < -0.4 is 0 Å². The van der Waals surface area contributed by atoms with Crippen LogP contribution in [0.15, 0.2) is 60.7 Å². The molecule has 3 aromatic rings. The Labute approximate surface area is 128 Å².